The van der Waals surface area contributed by atoms with Crippen molar-refractivity contribution in [3.63, 3.8) is 0 Å². The summed E-state index contributed by atoms with van der Waals surface area (Å²) in [7, 11) is 1.64. The molecule has 1 heterocycles. The molecular weight excluding hydrogens is 252 g/mol. The van der Waals surface area contributed by atoms with E-state index in [1.54, 1.807) is 7.11 Å². The van der Waals surface area contributed by atoms with Crippen molar-refractivity contribution in [3.05, 3.63) is 41.7 Å². The van der Waals surface area contributed by atoms with E-state index in [0.717, 1.165) is 34.8 Å². The summed E-state index contributed by atoms with van der Waals surface area (Å²) < 4.78 is 11.1. The van der Waals surface area contributed by atoms with Gasteiger partial charge in [0.2, 0.25) is 0 Å². The topological polar surface area (TPSA) is 39.4 Å². The highest BCUT2D eigenvalue weighted by atomic mass is 16.5. The number of fused-ring (bicyclic) bond motifs is 1. The molecule has 0 N–H and O–H groups in total. The molecule has 0 saturated heterocycles. The van der Waals surface area contributed by atoms with Gasteiger partial charge in [0, 0.05) is 18.4 Å². The molecule has 3 nitrogen and oxygen atoms in total. The molecule has 0 fully saturated rings. The van der Waals surface area contributed by atoms with Crippen molar-refractivity contribution in [2.45, 2.75) is 26.7 Å². The average molecular weight is 270 g/mol. The third-order valence-corrected chi connectivity index (χ3v) is 3.76. The lowest BCUT2D eigenvalue weighted by Gasteiger charge is -2.26. The van der Waals surface area contributed by atoms with Crippen LogP contribution in [0.25, 0.3) is 11.3 Å². The van der Waals surface area contributed by atoms with E-state index in [1.165, 1.54) is 0 Å². The Morgan fingerprint density at radius 1 is 1.15 bits per heavy atom. The van der Waals surface area contributed by atoms with Gasteiger partial charge in [0.25, 0.3) is 0 Å². The quantitative estimate of drug-likeness (QED) is 0.824. The molecule has 2 aromatic rings. The van der Waals surface area contributed by atoms with Crippen molar-refractivity contribution in [1.82, 2.24) is 0 Å². The van der Waals surface area contributed by atoms with Crippen LogP contribution in [0, 0.1) is 5.41 Å². The number of Topliss-reactive ketones (excluding diaryl/α,β-unsaturated/α-hetero) is 1. The number of methoxy groups -OCH3 is 1. The Morgan fingerprint density at radius 3 is 2.50 bits per heavy atom. The summed E-state index contributed by atoms with van der Waals surface area (Å²) in [6.07, 6.45) is 1.39. The van der Waals surface area contributed by atoms with Gasteiger partial charge in [0.05, 0.1) is 12.7 Å². The van der Waals surface area contributed by atoms with Crippen LogP contribution in [0.3, 0.4) is 0 Å². The van der Waals surface area contributed by atoms with Crippen LogP contribution in [-0.2, 0) is 6.42 Å². The number of ether oxygens (including phenoxy) is 1. The maximum Gasteiger partial charge on any atom is 0.166 e. The molecule has 1 aliphatic carbocycles. The standard InChI is InChI=1S/C17H18O3/c1-17(2)9-14(18)13-8-15(20-16(13)10-17)11-4-6-12(19-3)7-5-11/h4-8H,9-10H2,1-3H3. The van der Waals surface area contributed by atoms with Crippen molar-refractivity contribution in [2.24, 2.45) is 5.41 Å². The highest BCUT2D eigenvalue weighted by Gasteiger charge is 2.34. The molecule has 1 aliphatic rings. The van der Waals surface area contributed by atoms with Gasteiger partial charge in [-0.1, -0.05) is 13.8 Å². The average Bonchev–Trinajstić information content (AvgIpc) is 2.81. The minimum Gasteiger partial charge on any atom is -0.497 e. The SMILES string of the molecule is COc1ccc(-c2cc3c(o2)CC(C)(C)CC3=O)cc1. The second-order valence-electron chi connectivity index (χ2n) is 6.12. The van der Waals surface area contributed by atoms with Gasteiger partial charge in [-0.05, 0) is 35.7 Å². The van der Waals surface area contributed by atoms with Crippen molar-refractivity contribution in [1.29, 1.82) is 0 Å². The number of carbonyl (C=O) groups is 1. The number of carbonyl (C=O) groups excluding carboxylic acids is 1. The van der Waals surface area contributed by atoms with Gasteiger partial charge in [-0.3, -0.25) is 4.79 Å². The zero-order chi connectivity index (χ0) is 14.3. The predicted octanol–water partition coefficient (Wildman–Crippen LogP) is 4.11. The summed E-state index contributed by atoms with van der Waals surface area (Å²) in [6, 6.07) is 9.54. The van der Waals surface area contributed by atoms with Crippen LogP contribution in [0.4, 0.5) is 0 Å². The number of furan rings is 1. The third kappa shape index (κ3) is 2.24. The number of rotatable bonds is 2. The monoisotopic (exact) mass is 270 g/mol. The lowest BCUT2D eigenvalue weighted by atomic mass is 9.76. The summed E-state index contributed by atoms with van der Waals surface area (Å²) in [5.41, 5.74) is 1.69. The molecule has 0 atom stereocenters. The van der Waals surface area contributed by atoms with Crippen molar-refractivity contribution >= 4 is 5.78 Å². The molecule has 0 aliphatic heterocycles. The van der Waals surface area contributed by atoms with Crippen molar-refractivity contribution in [3.8, 4) is 17.1 Å². The van der Waals surface area contributed by atoms with Crippen LogP contribution in [0.1, 0.15) is 36.4 Å². The molecule has 104 valence electrons. The first kappa shape index (κ1) is 13.0. The Morgan fingerprint density at radius 2 is 1.85 bits per heavy atom. The van der Waals surface area contributed by atoms with Gasteiger partial charge < -0.3 is 9.15 Å². The van der Waals surface area contributed by atoms with Crippen LogP contribution in [0.15, 0.2) is 34.7 Å². The molecule has 0 radical (unpaired) electrons. The molecule has 1 aromatic carbocycles. The Labute approximate surface area is 118 Å². The molecule has 0 unspecified atom stereocenters. The minimum absolute atomic E-state index is 0.0148. The second kappa shape index (κ2) is 4.51. The van der Waals surface area contributed by atoms with Gasteiger partial charge in [-0.15, -0.1) is 0 Å². The highest BCUT2D eigenvalue weighted by Crippen LogP contribution is 2.38. The lowest BCUT2D eigenvalue weighted by Crippen LogP contribution is -2.25. The van der Waals surface area contributed by atoms with Crippen molar-refractivity contribution in [2.75, 3.05) is 7.11 Å². The van der Waals surface area contributed by atoms with E-state index in [4.69, 9.17) is 9.15 Å². The molecule has 0 saturated carbocycles. The summed E-state index contributed by atoms with van der Waals surface area (Å²) in [5.74, 6) is 2.56. The van der Waals surface area contributed by atoms with E-state index in [9.17, 15) is 4.79 Å². The first-order chi connectivity index (χ1) is 9.48. The molecule has 0 amide bonds. The molecule has 1 aromatic heterocycles. The Balaban J connectivity index is 1.99. The van der Waals surface area contributed by atoms with E-state index < -0.39 is 0 Å². The Bertz CT molecular complexity index is 647. The molecular formula is C17H18O3. The van der Waals surface area contributed by atoms with Crippen LogP contribution in [-0.4, -0.2) is 12.9 Å². The smallest absolute Gasteiger partial charge is 0.166 e. The van der Waals surface area contributed by atoms with Gasteiger partial charge in [-0.25, -0.2) is 0 Å². The number of hydrogen-bond acceptors (Lipinski definition) is 3. The van der Waals surface area contributed by atoms with Gasteiger partial charge >= 0.3 is 0 Å². The molecule has 20 heavy (non-hydrogen) atoms. The van der Waals surface area contributed by atoms with Crippen LogP contribution in [0.5, 0.6) is 5.75 Å². The fraction of sp³-hybridized carbons (Fsp3) is 0.353. The summed E-state index contributed by atoms with van der Waals surface area (Å²) >= 11 is 0. The first-order valence-electron chi connectivity index (χ1n) is 6.79. The molecule has 3 heteroatoms. The maximum atomic E-state index is 12.2. The van der Waals surface area contributed by atoms with E-state index in [-0.39, 0.29) is 11.2 Å². The second-order valence-corrected chi connectivity index (χ2v) is 6.12. The normalized spacial score (nSPS) is 16.9. The number of ketones is 1. The van der Waals surface area contributed by atoms with Crippen LogP contribution in [0.2, 0.25) is 0 Å². The van der Waals surface area contributed by atoms with Crippen LogP contribution < -0.4 is 4.74 Å². The van der Waals surface area contributed by atoms with E-state index in [2.05, 4.69) is 13.8 Å². The van der Waals surface area contributed by atoms with E-state index in [0.29, 0.717) is 6.42 Å². The Kier molecular flexibility index (Phi) is 2.93. The molecule has 0 bridgehead atoms. The zero-order valence-electron chi connectivity index (χ0n) is 12.0. The lowest BCUT2D eigenvalue weighted by molar-refractivity contribution is 0.0904. The summed E-state index contributed by atoms with van der Waals surface area (Å²) in [6.45, 7) is 4.20. The predicted molar refractivity (Wildman–Crippen MR) is 77.1 cm³/mol. The molecule has 0 spiro atoms. The maximum absolute atomic E-state index is 12.2. The molecule has 3 rings (SSSR count). The number of hydrogen-bond donors (Lipinski definition) is 0. The fourth-order valence-corrected chi connectivity index (χ4v) is 2.72. The van der Waals surface area contributed by atoms with Gasteiger partial charge in [0.1, 0.15) is 17.3 Å². The van der Waals surface area contributed by atoms with E-state index in [1.807, 2.05) is 30.3 Å². The number of benzene rings is 1. The largest absolute Gasteiger partial charge is 0.497 e. The first-order valence-corrected chi connectivity index (χ1v) is 6.79. The highest BCUT2D eigenvalue weighted by molar-refractivity contribution is 5.99. The zero-order valence-corrected chi connectivity index (χ0v) is 12.0. The van der Waals surface area contributed by atoms with Gasteiger partial charge in [-0.2, -0.15) is 0 Å². The van der Waals surface area contributed by atoms with E-state index >= 15 is 0 Å². The third-order valence-electron chi connectivity index (χ3n) is 3.76. The summed E-state index contributed by atoms with van der Waals surface area (Å²) in [5, 5.41) is 0. The van der Waals surface area contributed by atoms with Crippen molar-refractivity contribution < 1.29 is 13.9 Å². The Hall–Kier alpha value is -2.03. The minimum atomic E-state index is -0.0148. The summed E-state index contributed by atoms with van der Waals surface area (Å²) in [4.78, 5) is 12.2. The van der Waals surface area contributed by atoms with Gasteiger partial charge in [0.15, 0.2) is 5.78 Å². The fourth-order valence-electron chi connectivity index (χ4n) is 2.72. The van der Waals surface area contributed by atoms with Crippen LogP contribution >= 0.6 is 0 Å².